The van der Waals surface area contributed by atoms with Crippen molar-refractivity contribution in [1.82, 2.24) is 15.2 Å². The fourth-order valence-electron chi connectivity index (χ4n) is 3.77. The van der Waals surface area contributed by atoms with E-state index in [0.29, 0.717) is 17.6 Å². The van der Waals surface area contributed by atoms with Crippen molar-refractivity contribution in [2.24, 2.45) is 11.3 Å². The van der Waals surface area contributed by atoms with Crippen molar-refractivity contribution >= 4 is 29.3 Å². The van der Waals surface area contributed by atoms with Crippen LogP contribution in [0.25, 0.3) is 5.57 Å². The number of esters is 2. The molecule has 32 heavy (non-hydrogen) atoms. The maximum atomic E-state index is 12.9. The van der Waals surface area contributed by atoms with Crippen LogP contribution in [0.2, 0.25) is 0 Å². The lowest BCUT2D eigenvalue weighted by atomic mass is 9.82. The Kier molecular flexibility index (Phi) is 6.36. The van der Waals surface area contributed by atoms with Crippen LogP contribution in [0.1, 0.15) is 50.2 Å². The van der Waals surface area contributed by atoms with Crippen molar-refractivity contribution in [2.45, 2.75) is 46.3 Å². The molecule has 3 rings (SSSR count). The highest BCUT2D eigenvalue weighted by atomic mass is 16.7. The molecule has 0 spiro atoms. The highest BCUT2D eigenvalue weighted by Gasteiger charge is 2.57. The molecule has 2 amide bonds. The minimum Gasteiger partial charge on any atom is -0.427 e. The molecule has 3 heterocycles. The third-order valence-electron chi connectivity index (χ3n) is 5.49. The van der Waals surface area contributed by atoms with E-state index >= 15 is 0 Å². The number of nitrogens with one attached hydrogen (secondary N) is 1. The van der Waals surface area contributed by atoms with E-state index in [1.807, 2.05) is 0 Å². The first-order chi connectivity index (χ1) is 15.0. The Labute approximate surface area is 185 Å². The highest BCUT2D eigenvalue weighted by molar-refractivity contribution is 6.06. The number of ether oxygens (including phenoxy) is 2. The van der Waals surface area contributed by atoms with Crippen LogP contribution in [0.3, 0.4) is 0 Å². The molecular formula is C22H27N3O7. The van der Waals surface area contributed by atoms with Crippen LogP contribution in [0, 0.1) is 11.3 Å². The SMILES string of the molecule is CNC(=O)c1ccc(C2=C(C(=O)OCOC(=O)C(C)(C)C)N3C(=O)[C@H]([C@@H](C)O)[C@H]3C2)cn1. The minimum atomic E-state index is -0.873. The Bertz CT molecular complexity index is 976. The van der Waals surface area contributed by atoms with Gasteiger partial charge in [0.2, 0.25) is 12.7 Å². The zero-order valence-corrected chi connectivity index (χ0v) is 18.7. The van der Waals surface area contributed by atoms with E-state index in [0.717, 1.165) is 0 Å². The summed E-state index contributed by atoms with van der Waals surface area (Å²) in [6, 6.07) is 2.75. The summed E-state index contributed by atoms with van der Waals surface area (Å²) >= 11 is 0. The Balaban J connectivity index is 1.86. The highest BCUT2D eigenvalue weighted by Crippen LogP contribution is 2.47. The van der Waals surface area contributed by atoms with Crippen molar-refractivity contribution in [1.29, 1.82) is 0 Å². The average molecular weight is 445 g/mol. The van der Waals surface area contributed by atoms with Crippen LogP contribution in [0.15, 0.2) is 24.0 Å². The number of hydrogen-bond acceptors (Lipinski definition) is 8. The van der Waals surface area contributed by atoms with Gasteiger partial charge in [0, 0.05) is 13.2 Å². The average Bonchev–Trinajstić information content (AvgIpc) is 3.07. The van der Waals surface area contributed by atoms with E-state index in [1.54, 1.807) is 26.8 Å². The molecule has 2 aliphatic rings. The van der Waals surface area contributed by atoms with Gasteiger partial charge in [0.05, 0.1) is 23.5 Å². The number of aliphatic hydroxyl groups is 1. The number of amides is 2. The molecule has 172 valence electrons. The lowest BCUT2D eigenvalue weighted by Crippen LogP contribution is -2.61. The lowest BCUT2D eigenvalue weighted by molar-refractivity contribution is -0.175. The van der Waals surface area contributed by atoms with Crippen LogP contribution >= 0.6 is 0 Å². The van der Waals surface area contributed by atoms with E-state index in [4.69, 9.17) is 9.47 Å². The Hall–Kier alpha value is -3.27. The van der Waals surface area contributed by atoms with Crippen molar-refractivity contribution in [3.8, 4) is 0 Å². The summed E-state index contributed by atoms with van der Waals surface area (Å²) in [5, 5.41) is 12.5. The van der Waals surface area contributed by atoms with Crippen molar-refractivity contribution < 1.29 is 33.8 Å². The fourth-order valence-corrected chi connectivity index (χ4v) is 3.77. The summed E-state index contributed by atoms with van der Waals surface area (Å²) in [6.45, 7) is 5.95. The molecule has 0 saturated carbocycles. The smallest absolute Gasteiger partial charge is 0.358 e. The Morgan fingerprint density at radius 2 is 1.97 bits per heavy atom. The maximum Gasteiger partial charge on any atom is 0.358 e. The molecule has 10 heteroatoms. The molecule has 0 aromatic carbocycles. The van der Waals surface area contributed by atoms with Gasteiger partial charge in [0.25, 0.3) is 5.91 Å². The first-order valence-corrected chi connectivity index (χ1v) is 10.2. The number of aliphatic hydroxyl groups excluding tert-OH is 1. The molecule has 1 fully saturated rings. The first-order valence-electron chi connectivity index (χ1n) is 10.2. The van der Waals surface area contributed by atoms with E-state index < -0.39 is 42.2 Å². The number of pyridine rings is 1. The Morgan fingerprint density at radius 1 is 1.28 bits per heavy atom. The van der Waals surface area contributed by atoms with Gasteiger partial charge in [-0.2, -0.15) is 0 Å². The summed E-state index contributed by atoms with van der Waals surface area (Å²) in [6.07, 6.45) is 0.886. The predicted molar refractivity (Wildman–Crippen MR) is 111 cm³/mol. The van der Waals surface area contributed by atoms with Gasteiger partial charge in [0.15, 0.2) is 0 Å². The molecule has 2 aliphatic heterocycles. The van der Waals surface area contributed by atoms with E-state index in [2.05, 4.69) is 10.3 Å². The van der Waals surface area contributed by atoms with Crippen LogP contribution < -0.4 is 5.32 Å². The maximum absolute atomic E-state index is 12.9. The second kappa shape index (κ2) is 8.70. The van der Waals surface area contributed by atoms with Crippen LogP contribution in [0.4, 0.5) is 0 Å². The number of fused-ring (bicyclic) bond motifs is 1. The first kappa shape index (κ1) is 23.4. The number of carbonyl (C=O) groups is 4. The van der Waals surface area contributed by atoms with E-state index in [9.17, 15) is 24.3 Å². The quantitative estimate of drug-likeness (QED) is 0.374. The predicted octanol–water partition coefficient (Wildman–Crippen LogP) is 0.854. The lowest BCUT2D eigenvalue weighted by Gasteiger charge is -2.44. The summed E-state index contributed by atoms with van der Waals surface area (Å²) in [5.41, 5.74) is 0.524. The minimum absolute atomic E-state index is 0.0261. The fraction of sp³-hybridized carbons (Fsp3) is 0.500. The van der Waals surface area contributed by atoms with Gasteiger partial charge in [-0.05, 0) is 51.3 Å². The molecule has 10 nitrogen and oxygen atoms in total. The van der Waals surface area contributed by atoms with Gasteiger partial charge >= 0.3 is 11.9 Å². The molecular weight excluding hydrogens is 418 g/mol. The van der Waals surface area contributed by atoms with Crippen molar-refractivity contribution in [3.05, 3.63) is 35.3 Å². The van der Waals surface area contributed by atoms with Gasteiger partial charge in [-0.15, -0.1) is 0 Å². The molecule has 0 bridgehead atoms. The van der Waals surface area contributed by atoms with Crippen LogP contribution in [-0.2, 0) is 23.9 Å². The second-order valence-electron chi connectivity index (χ2n) is 8.82. The molecule has 0 unspecified atom stereocenters. The number of carbonyl (C=O) groups excluding carboxylic acids is 4. The second-order valence-corrected chi connectivity index (χ2v) is 8.82. The molecule has 0 radical (unpaired) electrons. The van der Waals surface area contributed by atoms with Gasteiger partial charge in [0.1, 0.15) is 11.4 Å². The van der Waals surface area contributed by atoms with Crippen LogP contribution in [0.5, 0.6) is 0 Å². The van der Waals surface area contributed by atoms with Gasteiger partial charge in [-0.1, -0.05) is 6.07 Å². The molecule has 0 aliphatic carbocycles. The number of β-lactam (4-membered cyclic amide) rings is 1. The normalized spacial score (nSPS) is 20.9. The molecule has 1 aromatic heterocycles. The summed E-state index contributed by atoms with van der Waals surface area (Å²) < 4.78 is 10.1. The van der Waals surface area contributed by atoms with Crippen LogP contribution in [-0.4, -0.2) is 64.7 Å². The van der Waals surface area contributed by atoms with Crippen molar-refractivity contribution in [2.75, 3.05) is 13.8 Å². The number of nitrogens with zero attached hydrogens (tertiary/aromatic N) is 2. The van der Waals surface area contributed by atoms with Gasteiger partial charge in [-0.3, -0.25) is 19.4 Å². The number of hydrogen-bond donors (Lipinski definition) is 2. The topological polar surface area (TPSA) is 135 Å². The largest absolute Gasteiger partial charge is 0.427 e. The van der Waals surface area contributed by atoms with Gasteiger partial charge in [-0.25, -0.2) is 4.79 Å². The summed E-state index contributed by atoms with van der Waals surface area (Å²) in [4.78, 5) is 54.6. The molecule has 2 N–H and O–H groups in total. The summed E-state index contributed by atoms with van der Waals surface area (Å²) in [5.74, 6) is -2.73. The number of aromatic nitrogens is 1. The molecule has 1 saturated heterocycles. The van der Waals surface area contributed by atoms with E-state index in [1.165, 1.54) is 31.1 Å². The van der Waals surface area contributed by atoms with Crippen molar-refractivity contribution in [3.63, 3.8) is 0 Å². The third kappa shape index (κ3) is 4.22. The summed E-state index contributed by atoms with van der Waals surface area (Å²) in [7, 11) is 1.49. The van der Waals surface area contributed by atoms with E-state index in [-0.39, 0.29) is 23.2 Å². The Morgan fingerprint density at radius 3 is 2.50 bits per heavy atom. The zero-order valence-electron chi connectivity index (χ0n) is 18.7. The standard InChI is InChI=1S/C22H27N3O7/c1-11(26)16-15-8-13(12-6-7-14(24-9-12)18(27)23-5)17(25(15)19(16)28)20(29)31-10-32-21(30)22(2,3)4/h6-7,9,11,15-16,26H,8,10H2,1-5H3,(H,23,27)/t11-,15-,16-/m1/s1. The third-order valence-corrected chi connectivity index (χ3v) is 5.49. The molecule has 3 atom stereocenters. The van der Waals surface area contributed by atoms with Gasteiger partial charge < -0.3 is 24.8 Å². The zero-order chi connectivity index (χ0) is 23.8. The monoisotopic (exact) mass is 445 g/mol. The molecule has 1 aromatic rings. The number of rotatable bonds is 6.